The third-order valence-corrected chi connectivity index (χ3v) is 5.11. The second-order valence-corrected chi connectivity index (χ2v) is 7.30. The van der Waals surface area contributed by atoms with Crippen LogP contribution in [0, 0.1) is 0 Å². The molecule has 0 saturated carbocycles. The van der Waals surface area contributed by atoms with E-state index in [2.05, 4.69) is 5.32 Å². The quantitative estimate of drug-likeness (QED) is 0.840. The van der Waals surface area contributed by atoms with Crippen molar-refractivity contribution in [2.45, 2.75) is 31.3 Å². The predicted octanol–water partition coefficient (Wildman–Crippen LogP) is 1.28. The monoisotopic (exact) mass is 375 g/mol. The van der Waals surface area contributed by atoms with Crippen molar-refractivity contribution in [1.29, 1.82) is 0 Å². The summed E-state index contributed by atoms with van der Waals surface area (Å²) in [5.41, 5.74) is 1.53. The normalized spacial score (nSPS) is 21.0. The molecule has 2 aliphatic rings. The molecule has 1 unspecified atom stereocenters. The molecule has 0 bridgehead atoms. The van der Waals surface area contributed by atoms with Gasteiger partial charge in [-0.05, 0) is 25.0 Å². The van der Waals surface area contributed by atoms with Crippen LogP contribution in [0.15, 0.2) is 24.3 Å². The van der Waals surface area contributed by atoms with E-state index in [1.807, 2.05) is 43.3 Å². The van der Waals surface area contributed by atoms with Gasteiger partial charge in [-0.25, -0.2) is 0 Å². The summed E-state index contributed by atoms with van der Waals surface area (Å²) in [5, 5.41) is 3.07. The molecule has 2 saturated heterocycles. The first-order chi connectivity index (χ1) is 13.1. The second kappa shape index (κ2) is 9.19. The fraction of sp³-hybridized carbons (Fsp3) is 0.600. The summed E-state index contributed by atoms with van der Waals surface area (Å²) in [5.74, 6) is -0.0810. The van der Waals surface area contributed by atoms with Crippen LogP contribution in [0.3, 0.4) is 0 Å². The molecule has 1 aromatic carbocycles. The van der Waals surface area contributed by atoms with Gasteiger partial charge in [0, 0.05) is 52.0 Å². The van der Waals surface area contributed by atoms with E-state index >= 15 is 0 Å². The molecule has 148 valence electrons. The highest BCUT2D eigenvalue weighted by Crippen LogP contribution is 2.23. The number of ether oxygens (including phenoxy) is 2. The lowest BCUT2D eigenvalue weighted by atomic mass is 10.1. The Kier molecular flexibility index (Phi) is 6.68. The predicted molar refractivity (Wildman–Crippen MR) is 103 cm³/mol. The van der Waals surface area contributed by atoms with Crippen LogP contribution in [0.2, 0.25) is 0 Å². The van der Waals surface area contributed by atoms with Crippen molar-refractivity contribution in [3.05, 3.63) is 29.8 Å². The number of carbonyl (C=O) groups excluding carboxylic acids is 2. The molecular weight excluding hydrogens is 346 g/mol. The second-order valence-electron chi connectivity index (χ2n) is 7.30. The molecule has 2 fully saturated rings. The number of anilines is 1. The highest BCUT2D eigenvalue weighted by molar-refractivity contribution is 6.00. The Hall–Kier alpha value is -2.12. The summed E-state index contributed by atoms with van der Waals surface area (Å²) in [4.78, 5) is 29.4. The first-order valence-electron chi connectivity index (χ1n) is 9.58. The van der Waals surface area contributed by atoms with E-state index in [1.54, 1.807) is 4.90 Å². The van der Waals surface area contributed by atoms with E-state index in [1.165, 1.54) is 0 Å². The van der Waals surface area contributed by atoms with Gasteiger partial charge in [-0.1, -0.05) is 12.1 Å². The number of para-hydroxylation sites is 1. The summed E-state index contributed by atoms with van der Waals surface area (Å²) in [7, 11) is 3.84. The van der Waals surface area contributed by atoms with E-state index in [0.717, 1.165) is 18.5 Å². The summed E-state index contributed by atoms with van der Waals surface area (Å²) >= 11 is 0. The van der Waals surface area contributed by atoms with Gasteiger partial charge < -0.3 is 24.6 Å². The largest absolute Gasteiger partial charge is 0.381 e. The number of nitrogens with zero attached hydrogens (tertiary/aromatic N) is 2. The van der Waals surface area contributed by atoms with Crippen LogP contribution in [0.5, 0.6) is 0 Å². The van der Waals surface area contributed by atoms with Crippen LogP contribution in [0.25, 0.3) is 0 Å². The van der Waals surface area contributed by atoms with Gasteiger partial charge in [0.05, 0.1) is 24.8 Å². The first kappa shape index (κ1) is 19.6. The van der Waals surface area contributed by atoms with Gasteiger partial charge in [-0.2, -0.15) is 0 Å². The average Bonchev–Trinajstić information content (AvgIpc) is 2.68. The number of amides is 2. The Labute approximate surface area is 160 Å². The van der Waals surface area contributed by atoms with Crippen LogP contribution in [0.4, 0.5) is 5.69 Å². The van der Waals surface area contributed by atoms with Crippen molar-refractivity contribution in [2.75, 3.05) is 52.0 Å². The van der Waals surface area contributed by atoms with Gasteiger partial charge in [-0.15, -0.1) is 0 Å². The molecule has 2 heterocycles. The summed E-state index contributed by atoms with van der Waals surface area (Å²) in [6, 6.07) is 7.47. The topological polar surface area (TPSA) is 71.1 Å². The standard InChI is InChI=1S/C20H29N3O4/c1-22(2)18-6-4-3-5-17(18)20(25)23-9-12-27-14-16(23)13-19(24)21-15-7-10-26-11-8-15/h3-6,15-16H,7-14H2,1-2H3,(H,21,24). The molecule has 3 rings (SSSR count). The third-order valence-electron chi connectivity index (χ3n) is 5.11. The molecule has 7 heteroatoms. The van der Waals surface area contributed by atoms with E-state index in [9.17, 15) is 9.59 Å². The lowest BCUT2D eigenvalue weighted by molar-refractivity contribution is -0.124. The summed E-state index contributed by atoms with van der Waals surface area (Å²) < 4.78 is 10.9. The Morgan fingerprint density at radius 3 is 2.63 bits per heavy atom. The average molecular weight is 375 g/mol. The maximum atomic E-state index is 13.2. The fourth-order valence-corrected chi connectivity index (χ4v) is 3.63. The van der Waals surface area contributed by atoms with Gasteiger partial charge in [0.25, 0.3) is 5.91 Å². The van der Waals surface area contributed by atoms with Gasteiger partial charge >= 0.3 is 0 Å². The van der Waals surface area contributed by atoms with Gasteiger partial charge in [0.15, 0.2) is 0 Å². The maximum absolute atomic E-state index is 13.2. The minimum atomic E-state index is -0.249. The number of carbonyl (C=O) groups is 2. The fourth-order valence-electron chi connectivity index (χ4n) is 3.63. The molecule has 0 aromatic heterocycles. The molecule has 2 amide bonds. The molecule has 1 aromatic rings. The molecule has 2 aliphatic heterocycles. The van der Waals surface area contributed by atoms with Gasteiger partial charge in [0.1, 0.15) is 0 Å². The molecule has 0 spiro atoms. The molecule has 27 heavy (non-hydrogen) atoms. The third kappa shape index (κ3) is 4.99. The summed E-state index contributed by atoms with van der Waals surface area (Å²) in [6.07, 6.45) is 1.94. The van der Waals surface area contributed by atoms with Crippen molar-refractivity contribution >= 4 is 17.5 Å². The zero-order chi connectivity index (χ0) is 19.2. The van der Waals surface area contributed by atoms with Crippen LogP contribution >= 0.6 is 0 Å². The zero-order valence-corrected chi connectivity index (χ0v) is 16.1. The maximum Gasteiger partial charge on any atom is 0.256 e. The minimum Gasteiger partial charge on any atom is -0.381 e. The molecular formula is C20H29N3O4. The van der Waals surface area contributed by atoms with Gasteiger partial charge in [0.2, 0.25) is 5.91 Å². The van der Waals surface area contributed by atoms with E-state index in [0.29, 0.717) is 38.5 Å². The number of hydrogen-bond acceptors (Lipinski definition) is 5. The minimum absolute atomic E-state index is 0.0314. The number of benzene rings is 1. The number of rotatable bonds is 5. The highest BCUT2D eigenvalue weighted by atomic mass is 16.5. The van der Waals surface area contributed by atoms with Gasteiger partial charge in [-0.3, -0.25) is 9.59 Å². The van der Waals surface area contributed by atoms with Crippen molar-refractivity contribution in [3.8, 4) is 0 Å². The summed E-state index contributed by atoms with van der Waals surface area (Å²) in [6.45, 7) is 2.74. The lowest BCUT2D eigenvalue weighted by Gasteiger charge is -2.36. The molecule has 1 atom stereocenters. The highest BCUT2D eigenvalue weighted by Gasteiger charge is 2.31. The van der Waals surface area contributed by atoms with Crippen LogP contribution in [-0.2, 0) is 14.3 Å². The molecule has 0 radical (unpaired) electrons. The van der Waals surface area contributed by atoms with Crippen LogP contribution < -0.4 is 10.2 Å². The Balaban J connectivity index is 1.68. The lowest BCUT2D eigenvalue weighted by Crippen LogP contribution is -2.51. The smallest absolute Gasteiger partial charge is 0.256 e. The van der Waals surface area contributed by atoms with Crippen molar-refractivity contribution < 1.29 is 19.1 Å². The van der Waals surface area contributed by atoms with E-state index < -0.39 is 0 Å². The molecule has 7 nitrogen and oxygen atoms in total. The van der Waals surface area contributed by atoms with E-state index in [-0.39, 0.29) is 30.3 Å². The SMILES string of the molecule is CN(C)c1ccccc1C(=O)N1CCOCC1CC(=O)NC1CCOCC1. The molecule has 0 aliphatic carbocycles. The van der Waals surface area contributed by atoms with Crippen LogP contribution in [0.1, 0.15) is 29.6 Å². The Morgan fingerprint density at radius 1 is 1.15 bits per heavy atom. The number of hydrogen-bond donors (Lipinski definition) is 1. The number of nitrogens with one attached hydrogen (secondary N) is 1. The van der Waals surface area contributed by atoms with E-state index in [4.69, 9.17) is 9.47 Å². The Bertz CT molecular complexity index is 658. The van der Waals surface area contributed by atoms with Crippen molar-refractivity contribution in [3.63, 3.8) is 0 Å². The Morgan fingerprint density at radius 2 is 1.89 bits per heavy atom. The first-order valence-corrected chi connectivity index (χ1v) is 9.58. The number of morpholine rings is 1. The van der Waals surface area contributed by atoms with Crippen molar-refractivity contribution in [2.24, 2.45) is 0 Å². The zero-order valence-electron chi connectivity index (χ0n) is 16.1. The molecule has 1 N–H and O–H groups in total. The van der Waals surface area contributed by atoms with Crippen molar-refractivity contribution in [1.82, 2.24) is 10.2 Å². The van der Waals surface area contributed by atoms with Crippen LogP contribution in [-0.4, -0.2) is 75.9 Å².